The molecule has 2 aromatic heterocycles. The van der Waals surface area contributed by atoms with Crippen LogP contribution in [0, 0.1) is 0 Å². The van der Waals surface area contributed by atoms with Gasteiger partial charge in [0.2, 0.25) is 0 Å². The highest BCUT2D eigenvalue weighted by molar-refractivity contribution is 6.04. The van der Waals surface area contributed by atoms with Gasteiger partial charge in [0.25, 0.3) is 0 Å². The summed E-state index contributed by atoms with van der Waals surface area (Å²) in [6.45, 7) is 6.90. The standard InChI is InChI=1S/C28H29N5O3/c1-4-29-27(24-6-5-11-32(24)2)28(34)22-16-19(7-10-25(22)35-3)26-21-9-8-20(17-23(21)30-18-31-26)33-12-14-36-15-13-33/h4-11,16-18,28,34H,1,12-15H2,2-3H3. The number of rotatable bonds is 7. The number of nitrogens with zero attached hydrogens (tertiary/aromatic N) is 5. The molecule has 0 saturated carbocycles. The molecule has 1 saturated heterocycles. The molecule has 1 N–H and O–H groups in total. The van der Waals surface area contributed by atoms with Crippen LogP contribution in [0.1, 0.15) is 17.4 Å². The van der Waals surface area contributed by atoms with E-state index < -0.39 is 6.10 Å². The highest BCUT2D eigenvalue weighted by Gasteiger charge is 2.24. The van der Waals surface area contributed by atoms with E-state index in [-0.39, 0.29) is 0 Å². The quantitative estimate of drug-likeness (QED) is 0.398. The fourth-order valence-electron chi connectivity index (χ4n) is 4.64. The Labute approximate surface area is 210 Å². The van der Waals surface area contributed by atoms with E-state index in [9.17, 15) is 5.11 Å². The number of ether oxygens (including phenoxy) is 2. The van der Waals surface area contributed by atoms with Crippen molar-refractivity contribution < 1.29 is 14.6 Å². The minimum atomic E-state index is -1.03. The van der Waals surface area contributed by atoms with E-state index in [1.807, 2.05) is 48.1 Å². The lowest BCUT2D eigenvalue weighted by atomic mass is 9.97. The number of aliphatic hydroxyl groups excluding tert-OH is 1. The average molecular weight is 484 g/mol. The van der Waals surface area contributed by atoms with Gasteiger partial charge in [-0.1, -0.05) is 6.58 Å². The highest BCUT2D eigenvalue weighted by Crippen LogP contribution is 2.35. The molecule has 0 bridgehead atoms. The van der Waals surface area contributed by atoms with Gasteiger partial charge in [-0.25, -0.2) is 9.97 Å². The van der Waals surface area contributed by atoms with Crippen LogP contribution in [0.25, 0.3) is 22.2 Å². The number of morpholine rings is 1. The van der Waals surface area contributed by atoms with Crippen molar-refractivity contribution in [2.75, 3.05) is 38.3 Å². The molecule has 8 nitrogen and oxygen atoms in total. The summed E-state index contributed by atoms with van der Waals surface area (Å²) >= 11 is 0. The molecule has 3 heterocycles. The van der Waals surface area contributed by atoms with Crippen LogP contribution in [-0.2, 0) is 11.8 Å². The van der Waals surface area contributed by atoms with Crippen LogP contribution < -0.4 is 9.64 Å². The van der Waals surface area contributed by atoms with Crippen molar-refractivity contribution in [2.45, 2.75) is 6.10 Å². The van der Waals surface area contributed by atoms with Crippen molar-refractivity contribution in [2.24, 2.45) is 12.0 Å². The molecule has 36 heavy (non-hydrogen) atoms. The fraction of sp³-hybridized carbons (Fsp3) is 0.250. The van der Waals surface area contributed by atoms with E-state index in [4.69, 9.17) is 9.47 Å². The number of aromatic nitrogens is 3. The number of aliphatic hydroxyl groups is 1. The van der Waals surface area contributed by atoms with E-state index in [0.29, 0.717) is 17.0 Å². The second-order valence-electron chi connectivity index (χ2n) is 8.58. The van der Waals surface area contributed by atoms with E-state index in [2.05, 4.69) is 44.6 Å². The Balaban J connectivity index is 1.57. The van der Waals surface area contributed by atoms with Gasteiger partial charge in [0, 0.05) is 54.7 Å². The van der Waals surface area contributed by atoms with E-state index in [1.54, 1.807) is 13.4 Å². The second kappa shape index (κ2) is 10.3. The van der Waals surface area contributed by atoms with Crippen molar-refractivity contribution >= 4 is 22.3 Å². The zero-order valence-corrected chi connectivity index (χ0v) is 20.5. The molecule has 0 radical (unpaired) electrons. The number of aryl methyl sites for hydroxylation is 1. The molecular formula is C28H29N5O3. The fourth-order valence-corrected chi connectivity index (χ4v) is 4.64. The number of hydrogen-bond acceptors (Lipinski definition) is 7. The van der Waals surface area contributed by atoms with Crippen LogP contribution in [0.4, 0.5) is 5.69 Å². The normalized spacial score (nSPS) is 15.2. The highest BCUT2D eigenvalue weighted by atomic mass is 16.5. The largest absolute Gasteiger partial charge is 0.496 e. The molecule has 1 aliphatic heterocycles. The lowest BCUT2D eigenvalue weighted by molar-refractivity contribution is 0.122. The first-order chi connectivity index (χ1) is 17.6. The van der Waals surface area contributed by atoms with Gasteiger partial charge in [0.05, 0.1) is 42.9 Å². The predicted molar refractivity (Wildman–Crippen MR) is 142 cm³/mol. The summed E-state index contributed by atoms with van der Waals surface area (Å²) in [5.74, 6) is 0.560. The van der Waals surface area contributed by atoms with Gasteiger partial charge in [-0.15, -0.1) is 0 Å². The molecule has 0 amide bonds. The Kier molecular flexibility index (Phi) is 6.79. The van der Waals surface area contributed by atoms with E-state index in [1.165, 1.54) is 6.20 Å². The minimum Gasteiger partial charge on any atom is -0.496 e. The third-order valence-corrected chi connectivity index (χ3v) is 6.49. The van der Waals surface area contributed by atoms with Crippen LogP contribution in [-0.4, -0.2) is 58.8 Å². The number of anilines is 1. The summed E-state index contributed by atoms with van der Waals surface area (Å²) in [6, 6.07) is 15.8. The topological polar surface area (TPSA) is 85.0 Å². The molecule has 0 spiro atoms. The van der Waals surface area contributed by atoms with Gasteiger partial charge in [0.15, 0.2) is 0 Å². The molecule has 1 aliphatic rings. The van der Waals surface area contributed by atoms with Gasteiger partial charge in [-0.2, -0.15) is 0 Å². The third kappa shape index (κ3) is 4.48. The maximum Gasteiger partial charge on any atom is 0.127 e. The molecule has 1 atom stereocenters. The van der Waals surface area contributed by atoms with Gasteiger partial charge >= 0.3 is 0 Å². The van der Waals surface area contributed by atoms with Crippen molar-refractivity contribution in [3.05, 3.63) is 85.1 Å². The number of benzene rings is 2. The first-order valence-electron chi connectivity index (χ1n) is 11.8. The Morgan fingerprint density at radius 2 is 2.00 bits per heavy atom. The molecule has 4 aromatic rings. The zero-order valence-electron chi connectivity index (χ0n) is 20.5. The Bertz CT molecular complexity index is 1420. The van der Waals surface area contributed by atoms with Gasteiger partial charge in [0.1, 0.15) is 18.2 Å². The lowest BCUT2D eigenvalue weighted by Crippen LogP contribution is -2.36. The summed E-state index contributed by atoms with van der Waals surface area (Å²) in [4.78, 5) is 15.8. The zero-order chi connectivity index (χ0) is 25.1. The molecule has 0 aliphatic carbocycles. The summed E-state index contributed by atoms with van der Waals surface area (Å²) in [5, 5.41) is 12.4. The lowest BCUT2D eigenvalue weighted by Gasteiger charge is -2.29. The number of hydrogen-bond donors (Lipinski definition) is 1. The van der Waals surface area contributed by atoms with Crippen LogP contribution in [0.3, 0.4) is 0 Å². The molecule has 1 fully saturated rings. The van der Waals surface area contributed by atoms with E-state index >= 15 is 0 Å². The monoisotopic (exact) mass is 483 g/mol. The minimum absolute atomic E-state index is 0.482. The molecule has 2 aromatic carbocycles. The average Bonchev–Trinajstić information content (AvgIpc) is 3.36. The van der Waals surface area contributed by atoms with Crippen LogP contribution in [0.2, 0.25) is 0 Å². The number of aliphatic imine (C=N–C) groups is 1. The van der Waals surface area contributed by atoms with Gasteiger partial charge in [-0.3, -0.25) is 4.99 Å². The Morgan fingerprint density at radius 1 is 1.17 bits per heavy atom. The van der Waals surface area contributed by atoms with Crippen LogP contribution in [0.15, 0.2) is 78.8 Å². The van der Waals surface area contributed by atoms with Crippen molar-refractivity contribution in [3.8, 4) is 17.0 Å². The third-order valence-electron chi connectivity index (χ3n) is 6.49. The van der Waals surface area contributed by atoms with Crippen LogP contribution >= 0.6 is 0 Å². The summed E-state index contributed by atoms with van der Waals surface area (Å²) in [7, 11) is 3.50. The number of methoxy groups -OCH3 is 1. The summed E-state index contributed by atoms with van der Waals surface area (Å²) in [6.07, 6.45) is 3.89. The molecular weight excluding hydrogens is 454 g/mol. The Morgan fingerprint density at radius 3 is 2.72 bits per heavy atom. The molecule has 1 unspecified atom stereocenters. The number of fused-ring (bicyclic) bond motifs is 1. The molecule has 5 rings (SSSR count). The molecule has 8 heteroatoms. The van der Waals surface area contributed by atoms with Gasteiger partial charge < -0.3 is 24.0 Å². The predicted octanol–water partition coefficient (Wildman–Crippen LogP) is 4.15. The van der Waals surface area contributed by atoms with Gasteiger partial charge in [-0.05, 0) is 48.5 Å². The Hall–Kier alpha value is -4.01. The first-order valence-corrected chi connectivity index (χ1v) is 11.8. The maximum absolute atomic E-state index is 11.5. The van der Waals surface area contributed by atoms with Crippen molar-refractivity contribution in [1.82, 2.24) is 14.5 Å². The first kappa shape index (κ1) is 23.7. The van der Waals surface area contributed by atoms with Crippen LogP contribution in [0.5, 0.6) is 5.75 Å². The molecule has 184 valence electrons. The summed E-state index contributed by atoms with van der Waals surface area (Å²) < 4.78 is 13.0. The van der Waals surface area contributed by atoms with Crippen molar-refractivity contribution in [3.63, 3.8) is 0 Å². The smallest absolute Gasteiger partial charge is 0.127 e. The summed E-state index contributed by atoms with van der Waals surface area (Å²) in [5.41, 5.74) is 5.47. The second-order valence-corrected chi connectivity index (χ2v) is 8.58. The van der Waals surface area contributed by atoms with E-state index in [0.717, 1.165) is 59.8 Å². The SMILES string of the molecule is C=CN=C(c1cccn1C)C(O)c1cc(-c2ncnc3cc(N4CCOCC4)ccc23)ccc1OC. The maximum atomic E-state index is 11.5. The van der Waals surface area contributed by atoms with Crippen molar-refractivity contribution in [1.29, 1.82) is 0 Å².